The van der Waals surface area contributed by atoms with Crippen LogP contribution in [0.4, 0.5) is 5.69 Å². The van der Waals surface area contributed by atoms with Gasteiger partial charge in [-0.3, -0.25) is 15.0 Å². The van der Waals surface area contributed by atoms with Crippen molar-refractivity contribution in [2.45, 2.75) is 27.2 Å². The van der Waals surface area contributed by atoms with Crippen LogP contribution in [0.15, 0.2) is 40.4 Å². The standard InChI is InChI=1S/C21H24BrN3O2S/c1-10(2)12-9-13-11(3)8-14(12)18-17(13)19(26)25(20(18)27)24-21(28)23-16-7-5-4-6-15(16)22/h4-8,10,12-14,17-18H,9H2,1-3H3,(H2,23,24,28). The molecule has 28 heavy (non-hydrogen) atoms. The lowest BCUT2D eigenvalue weighted by Gasteiger charge is -2.48. The molecule has 5 unspecified atom stereocenters. The number of imide groups is 1. The van der Waals surface area contributed by atoms with E-state index in [1.165, 1.54) is 5.57 Å². The molecule has 2 amide bonds. The van der Waals surface area contributed by atoms with Gasteiger partial charge in [0.15, 0.2) is 5.11 Å². The number of hydrogen-bond acceptors (Lipinski definition) is 3. The molecule has 2 bridgehead atoms. The molecule has 1 aromatic rings. The molecule has 1 aromatic carbocycles. The number of carbonyl (C=O) groups is 2. The van der Waals surface area contributed by atoms with Gasteiger partial charge < -0.3 is 5.32 Å². The van der Waals surface area contributed by atoms with Gasteiger partial charge in [-0.2, -0.15) is 5.01 Å². The number of hydrazine groups is 1. The van der Waals surface area contributed by atoms with Gasteiger partial charge in [0.05, 0.1) is 17.5 Å². The highest BCUT2D eigenvalue weighted by molar-refractivity contribution is 9.10. The topological polar surface area (TPSA) is 61.4 Å². The average molecular weight is 462 g/mol. The predicted molar refractivity (Wildman–Crippen MR) is 116 cm³/mol. The van der Waals surface area contributed by atoms with Gasteiger partial charge in [-0.25, -0.2) is 0 Å². The molecule has 148 valence electrons. The lowest BCUT2D eigenvalue weighted by molar-refractivity contribution is -0.142. The van der Waals surface area contributed by atoms with E-state index in [2.05, 4.69) is 53.5 Å². The number of anilines is 1. The third-order valence-electron chi connectivity index (χ3n) is 6.50. The Labute approximate surface area is 179 Å². The zero-order chi connectivity index (χ0) is 20.2. The number of amides is 2. The third-order valence-corrected chi connectivity index (χ3v) is 7.38. The zero-order valence-corrected chi connectivity index (χ0v) is 18.5. The van der Waals surface area contributed by atoms with Crippen molar-refractivity contribution in [2.24, 2.45) is 35.5 Å². The lowest BCUT2D eigenvalue weighted by Crippen LogP contribution is -2.48. The molecule has 0 spiro atoms. The number of halogens is 1. The molecule has 5 nitrogen and oxygen atoms in total. The summed E-state index contributed by atoms with van der Waals surface area (Å²) in [7, 11) is 0. The molecule has 1 heterocycles. The maximum absolute atomic E-state index is 13.2. The summed E-state index contributed by atoms with van der Waals surface area (Å²) in [4.78, 5) is 26.3. The Morgan fingerprint density at radius 3 is 2.57 bits per heavy atom. The van der Waals surface area contributed by atoms with E-state index >= 15 is 0 Å². The van der Waals surface area contributed by atoms with Crippen LogP contribution in [0.1, 0.15) is 27.2 Å². The van der Waals surface area contributed by atoms with Crippen LogP contribution in [0.3, 0.4) is 0 Å². The summed E-state index contributed by atoms with van der Waals surface area (Å²) in [6, 6.07) is 7.55. The van der Waals surface area contributed by atoms with E-state index in [0.29, 0.717) is 11.8 Å². The number of nitrogens with zero attached hydrogens (tertiary/aromatic N) is 1. The summed E-state index contributed by atoms with van der Waals surface area (Å²) < 4.78 is 0.851. The normalized spacial score (nSPS) is 31.1. The van der Waals surface area contributed by atoms with Crippen LogP contribution in [-0.4, -0.2) is 21.9 Å². The van der Waals surface area contributed by atoms with Gasteiger partial charge in [0, 0.05) is 4.47 Å². The number of carbonyl (C=O) groups excluding carboxylic acids is 2. The van der Waals surface area contributed by atoms with Crippen molar-refractivity contribution in [3.63, 3.8) is 0 Å². The van der Waals surface area contributed by atoms with Gasteiger partial charge in [-0.1, -0.05) is 37.6 Å². The van der Waals surface area contributed by atoms with Gasteiger partial charge in [-0.15, -0.1) is 0 Å². The van der Waals surface area contributed by atoms with Crippen molar-refractivity contribution in [1.29, 1.82) is 0 Å². The first-order chi connectivity index (χ1) is 13.3. The molecule has 4 aliphatic rings. The van der Waals surface area contributed by atoms with E-state index < -0.39 is 0 Å². The molecule has 0 radical (unpaired) electrons. The molecule has 1 aliphatic heterocycles. The van der Waals surface area contributed by atoms with Crippen LogP contribution in [0, 0.1) is 35.5 Å². The second-order valence-corrected chi connectivity index (χ2v) is 9.61. The monoisotopic (exact) mass is 461 g/mol. The van der Waals surface area contributed by atoms with E-state index in [4.69, 9.17) is 12.2 Å². The van der Waals surface area contributed by atoms with E-state index in [1.54, 1.807) is 0 Å². The molecule has 7 heteroatoms. The van der Waals surface area contributed by atoms with Crippen LogP contribution in [0.2, 0.25) is 0 Å². The molecule has 2 fully saturated rings. The van der Waals surface area contributed by atoms with E-state index in [9.17, 15) is 9.59 Å². The smallest absolute Gasteiger partial charge is 0.252 e. The Kier molecular flexibility index (Phi) is 5.08. The fourth-order valence-corrected chi connectivity index (χ4v) is 5.75. The number of rotatable bonds is 3. The van der Waals surface area contributed by atoms with Gasteiger partial charge in [0.2, 0.25) is 0 Å². The third kappa shape index (κ3) is 3.08. The second kappa shape index (κ2) is 7.26. The van der Waals surface area contributed by atoms with E-state index in [0.717, 1.165) is 21.6 Å². The van der Waals surface area contributed by atoms with Crippen molar-refractivity contribution in [3.05, 3.63) is 40.4 Å². The van der Waals surface area contributed by atoms with Gasteiger partial charge >= 0.3 is 0 Å². The number of para-hydroxylation sites is 1. The fraction of sp³-hybridized carbons (Fsp3) is 0.476. The molecular formula is C21H24BrN3O2S. The molecule has 5 rings (SSSR count). The number of allylic oxidation sites excluding steroid dienone is 2. The van der Waals surface area contributed by atoms with Gasteiger partial charge in [-0.05, 0) is 77.3 Å². The van der Waals surface area contributed by atoms with Crippen LogP contribution in [0.25, 0.3) is 0 Å². The minimum Gasteiger partial charge on any atom is -0.330 e. The number of fused-ring (bicyclic) bond motifs is 1. The Morgan fingerprint density at radius 1 is 1.21 bits per heavy atom. The number of thiocarbonyl (C=S) groups is 1. The van der Waals surface area contributed by atoms with Crippen molar-refractivity contribution in [2.75, 3.05) is 5.32 Å². The van der Waals surface area contributed by atoms with Crippen molar-refractivity contribution in [1.82, 2.24) is 10.4 Å². The van der Waals surface area contributed by atoms with Gasteiger partial charge in [0.1, 0.15) is 0 Å². The highest BCUT2D eigenvalue weighted by Gasteiger charge is 2.61. The van der Waals surface area contributed by atoms with Crippen LogP contribution >= 0.6 is 28.1 Å². The summed E-state index contributed by atoms with van der Waals surface area (Å²) >= 11 is 8.82. The maximum atomic E-state index is 13.2. The quantitative estimate of drug-likeness (QED) is 0.402. The van der Waals surface area contributed by atoms with Crippen molar-refractivity contribution >= 4 is 50.8 Å². The molecule has 3 aliphatic carbocycles. The maximum Gasteiger partial charge on any atom is 0.252 e. The predicted octanol–water partition coefficient (Wildman–Crippen LogP) is 4.12. The van der Waals surface area contributed by atoms with E-state index in [-0.39, 0.29) is 40.6 Å². The lowest BCUT2D eigenvalue weighted by atomic mass is 9.54. The first-order valence-electron chi connectivity index (χ1n) is 9.68. The highest BCUT2D eigenvalue weighted by atomic mass is 79.9. The minimum absolute atomic E-state index is 0.128. The first-order valence-corrected chi connectivity index (χ1v) is 10.9. The summed E-state index contributed by atoms with van der Waals surface area (Å²) in [5.74, 6) is 0.347. The van der Waals surface area contributed by atoms with E-state index in [1.807, 2.05) is 24.3 Å². The molecular weight excluding hydrogens is 438 g/mol. The number of nitrogens with one attached hydrogen (secondary N) is 2. The first kappa shape index (κ1) is 19.6. The largest absolute Gasteiger partial charge is 0.330 e. The Bertz CT molecular complexity index is 884. The van der Waals surface area contributed by atoms with Crippen molar-refractivity contribution < 1.29 is 9.59 Å². The minimum atomic E-state index is -0.277. The van der Waals surface area contributed by atoms with Crippen LogP contribution in [0.5, 0.6) is 0 Å². The summed E-state index contributed by atoms with van der Waals surface area (Å²) in [6.07, 6.45) is 3.23. The average Bonchev–Trinajstić information content (AvgIpc) is 2.90. The Morgan fingerprint density at radius 2 is 1.89 bits per heavy atom. The highest BCUT2D eigenvalue weighted by Crippen LogP contribution is 2.56. The zero-order valence-electron chi connectivity index (χ0n) is 16.1. The Balaban J connectivity index is 1.54. The second-order valence-electron chi connectivity index (χ2n) is 8.35. The molecule has 1 saturated carbocycles. The summed E-state index contributed by atoms with van der Waals surface area (Å²) in [5.41, 5.74) is 4.87. The molecule has 1 saturated heterocycles. The summed E-state index contributed by atoms with van der Waals surface area (Å²) in [5, 5.41) is 4.42. The molecule has 5 atom stereocenters. The van der Waals surface area contributed by atoms with Gasteiger partial charge in [0.25, 0.3) is 11.8 Å². The summed E-state index contributed by atoms with van der Waals surface area (Å²) in [6.45, 7) is 6.51. The molecule has 2 N–H and O–H groups in total. The number of hydrogen-bond donors (Lipinski definition) is 2. The molecule has 0 aromatic heterocycles. The SMILES string of the molecule is CC1=CC2C(C(C)C)CC1C1C(=O)N(NC(=S)Nc3ccccc3Br)C(=O)C21. The fourth-order valence-electron chi connectivity index (χ4n) is 5.17. The van der Waals surface area contributed by atoms with Crippen molar-refractivity contribution in [3.8, 4) is 0 Å². The Hall–Kier alpha value is -1.73. The van der Waals surface area contributed by atoms with Crippen LogP contribution < -0.4 is 10.7 Å². The van der Waals surface area contributed by atoms with Crippen LogP contribution in [-0.2, 0) is 9.59 Å². The number of benzene rings is 1.